The van der Waals surface area contributed by atoms with Gasteiger partial charge < -0.3 is 9.84 Å². The number of halogens is 1. The van der Waals surface area contributed by atoms with Crippen LogP contribution in [0.5, 0.6) is 0 Å². The van der Waals surface area contributed by atoms with Crippen molar-refractivity contribution in [2.45, 2.75) is 17.9 Å². The van der Waals surface area contributed by atoms with Crippen LogP contribution in [0.1, 0.15) is 6.42 Å². The average Bonchev–Trinajstić information content (AvgIpc) is 2.14. The van der Waals surface area contributed by atoms with Crippen molar-refractivity contribution in [1.82, 2.24) is 0 Å². The normalized spacial score (nSPS) is 38.2. The lowest BCUT2D eigenvalue weighted by atomic mass is 10.2. The van der Waals surface area contributed by atoms with Gasteiger partial charge in [-0.25, -0.2) is 0 Å². The second kappa shape index (κ2) is 2.67. The third kappa shape index (κ3) is 1.34. The van der Waals surface area contributed by atoms with E-state index in [2.05, 4.69) is 0 Å². The van der Waals surface area contributed by atoms with E-state index in [0.717, 1.165) is 6.42 Å². The maximum absolute atomic E-state index is 8.50. The van der Waals surface area contributed by atoms with Crippen LogP contribution in [0.15, 0.2) is 0 Å². The van der Waals surface area contributed by atoms with Gasteiger partial charge in [-0.05, 0) is 6.42 Å². The largest absolute Gasteiger partial charge is 0.394 e. The average molecular weight is 137 g/mol. The van der Waals surface area contributed by atoms with Gasteiger partial charge in [-0.3, -0.25) is 0 Å². The van der Waals surface area contributed by atoms with Crippen LogP contribution in [-0.4, -0.2) is 29.8 Å². The predicted octanol–water partition coefficient (Wildman–Crippen LogP) is 0.375. The van der Waals surface area contributed by atoms with E-state index < -0.39 is 0 Å². The number of alkyl halides is 1. The number of aliphatic hydroxyl groups is 1. The van der Waals surface area contributed by atoms with Gasteiger partial charge in [-0.1, -0.05) is 0 Å². The molecule has 0 radical (unpaired) electrons. The molecule has 0 aliphatic carbocycles. The molecule has 1 fully saturated rings. The summed E-state index contributed by atoms with van der Waals surface area (Å²) in [6.45, 7) is 0.690. The van der Waals surface area contributed by atoms with E-state index in [1.165, 1.54) is 0 Å². The molecule has 2 atom stereocenters. The summed E-state index contributed by atoms with van der Waals surface area (Å²) in [5.41, 5.74) is 0. The highest BCUT2D eigenvalue weighted by Gasteiger charge is 2.22. The third-order valence-corrected chi connectivity index (χ3v) is 1.54. The van der Waals surface area contributed by atoms with Crippen molar-refractivity contribution in [3.63, 3.8) is 0 Å². The Morgan fingerprint density at radius 3 is 2.75 bits per heavy atom. The van der Waals surface area contributed by atoms with Gasteiger partial charge in [0.2, 0.25) is 0 Å². The van der Waals surface area contributed by atoms with Crippen LogP contribution in [0.3, 0.4) is 0 Å². The zero-order valence-corrected chi connectivity index (χ0v) is 5.27. The van der Waals surface area contributed by atoms with E-state index in [9.17, 15) is 0 Å². The number of ether oxygens (including phenoxy) is 1. The van der Waals surface area contributed by atoms with Crippen LogP contribution in [0, 0.1) is 0 Å². The summed E-state index contributed by atoms with van der Waals surface area (Å²) in [5, 5.41) is 8.62. The minimum absolute atomic E-state index is 0.00231. The maximum Gasteiger partial charge on any atom is 0.0821 e. The van der Waals surface area contributed by atoms with Crippen LogP contribution in [0.25, 0.3) is 0 Å². The smallest absolute Gasteiger partial charge is 0.0821 e. The highest BCUT2D eigenvalue weighted by atomic mass is 35.5. The molecule has 48 valence electrons. The van der Waals surface area contributed by atoms with Gasteiger partial charge in [0, 0.05) is 0 Å². The van der Waals surface area contributed by atoms with Gasteiger partial charge in [0.05, 0.1) is 24.7 Å². The maximum atomic E-state index is 8.50. The summed E-state index contributed by atoms with van der Waals surface area (Å²) in [7, 11) is 0. The third-order valence-electron chi connectivity index (χ3n) is 1.24. The molecule has 0 aromatic rings. The number of rotatable bonds is 1. The van der Waals surface area contributed by atoms with Gasteiger partial charge in [0.25, 0.3) is 0 Å². The van der Waals surface area contributed by atoms with Crippen molar-refractivity contribution in [3.8, 4) is 0 Å². The second-order valence-electron chi connectivity index (χ2n) is 1.97. The molecule has 1 aliphatic heterocycles. The summed E-state index contributed by atoms with van der Waals surface area (Å²) >= 11 is 5.65. The van der Waals surface area contributed by atoms with Crippen LogP contribution >= 0.6 is 11.6 Å². The van der Waals surface area contributed by atoms with Crippen molar-refractivity contribution in [2.75, 3.05) is 13.2 Å². The lowest BCUT2D eigenvalue weighted by Crippen LogP contribution is -2.09. The Labute approximate surface area is 53.4 Å². The number of hydrogen-bond donors (Lipinski definition) is 1. The minimum atomic E-state index is -0.00231. The molecular weight excluding hydrogens is 128 g/mol. The van der Waals surface area contributed by atoms with E-state index in [4.69, 9.17) is 21.4 Å². The molecule has 1 aliphatic rings. The fourth-order valence-corrected chi connectivity index (χ4v) is 1.06. The molecule has 1 N–H and O–H groups in total. The number of aliphatic hydroxyl groups excluding tert-OH is 1. The molecule has 1 heterocycles. The van der Waals surface area contributed by atoms with Crippen molar-refractivity contribution < 1.29 is 9.84 Å². The first-order valence-electron chi connectivity index (χ1n) is 2.69. The van der Waals surface area contributed by atoms with Crippen molar-refractivity contribution in [3.05, 3.63) is 0 Å². The summed E-state index contributed by atoms with van der Waals surface area (Å²) in [6, 6.07) is 0. The molecule has 3 heteroatoms. The molecule has 1 rings (SSSR count). The van der Waals surface area contributed by atoms with Gasteiger partial charge >= 0.3 is 0 Å². The van der Waals surface area contributed by atoms with Crippen LogP contribution in [0.2, 0.25) is 0 Å². The molecule has 1 saturated heterocycles. The first-order valence-corrected chi connectivity index (χ1v) is 3.13. The molecule has 0 aromatic heterocycles. The van der Waals surface area contributed by atoms with Crippen molar-refractivity contribution in [2.24, 2.45) is 0 Å². The Hall–Kier alpha value is 0.210. The zero-order chi connectivity index (χ0) is 5.98. The topological polar surface area (TPSA) is 29.5 Å². The van der Waals surface area contributed by atoms with Crippen LogP contribution in [0.4, 0.5) is 0 Å². The summed E-state index contributed by atoms with van der Waals surface area (Å²) < 4.78 is 5.03. The lowest BCUT2D eigenvalue weighted by molar-refractivity contribution is 0.0592. The van der Waals surface area contributed by atoms with E-state index in [-0.39, 0.29) is 18.1 Å². The van der Waals surface area contributed by atoms with Crippen molar-refractivity contribution >= 4 is 11.6 Å². The molecule has 0 bridgehead atoms. The minimum Gasteiger partial charge on any atom is -0.394 e. The molecule has 2 nitrogen and oxygen atoms in total. The van der Waals surface area contributed by atoms with Crippen molar-refractivity contribution in [1.29, 1.82) is 0 Å². The molecule has 8 heavy (non-hydrogen) atoms. The second-order valence-corrected chi connectivity index (χ2v) is 2.59. The fourth-order valence-electron chi connectivity index (χ4n) is 0.789. The molecular formula is C5H9ClO2. The molecule has 0 amide bonds. The quantitative estimate of drug-likeness (QED) is 0.528. The van der Waals surface area contributed by atoms with Gasteiger partial charge in [-0.2, -0.15) is 0 Å². The number of hydrogen-bond acceptors (Lipinski definition) is 2. The monoisotopic (exact) mass is 136 g/mol. The van der Waals surface area contributed by atoms with Crippen LogP contribution in [-0.2, 0) is 4.74 Å². The van der Waals surface area contributed by atoms with Crippen LogP contribution < -0.4 is 0 Å². The first kappa shape index (κ1) is 6.33. The Bertz CT molecular complexity index is 76.8. The fraction of sp³-hybridized carbons (Fsp3) is 1.00. The molecule has 0 spiro atoms. The SMILES string of the molecule is OCC1CC(Cl)CO1. The lowest BCUT2D eigenvalue weighted by Gasteiger charge is -2.00. The Kier molecular flexibility index (Phi) is 2.11. The van der Waals surface area contributed by atoms with Gasteiger partial charge in [0.1, 0.15) is 0 Å². The van der Waals surface area contributed by atoms with E-state index >= 15 is 0 Å². The predicted molar refractivity (Wildman–Crippen MR) is 31.1 cm³/mol. The molecule has 0 saturated carbocycles. The zero-order valence-electron chi connectivity index (χ0n) is 4.51. The highest BCUT2D eigenvalue weighted by Crippen LogP contribution is 2.16. The highest BCUT2D eigenvalue weighted by molar-refractivity contribution is 6.20. The van der Waals surface area contributed by atoms with Gasteiger partial charge in [-0.15, -0.1) is 11.6 Å². The first-order chi connectivity index (χ1) is 3.83. The van der Waals surface area contributed by atoms with E-state index in [1.807, 2.05) is 0 Å². The summed E-state index contributed by atoms with van der Waals surface area (Å²) in [4.78, 5) is 0. The molecule has 0 aromatic carbocycles. The van der Waals surface area contributed by atoms with E-state index in [1.54, 1.807) is 0 Å². The van der Waals surface area contributed by atoms with E-state index in [0.29, 0.717) is 6.61 Å². The summed E-state index contributed by atoms with van der Waals surface area (Å²) in [6.07, 6.45) is 0.787. The Balaban J connectivity index is 2.22. The van der Waals surface area contributed by atoms with Gasteiger partial charge in [0.15, 0.2) is 0 Å². The molecule has 2 unspecified atom stereocenters. The Morgan fingerprint density at radius 2 is 2.50 bits per heavy atom. The standard InChI is InChI=1S/C5H9ClO2/c6-4-1-5(2-7)8-3-4/h4-5,7H,1-3H2. The Morgan fingerprint density at radius 1 is 1.75 bits per heavy atom. The summed E-state index contributed by atoms with van der Waals surface area (Å²) in [5.74, 6) is 0.